The smallest absolute Gasteiger partial charge is 0.144 e. The zero-order chi connectivity index (χ0) is 10.5. The first-order chi connectivity index (χ1) is 7.40. The zero-order valence-corrected chi connectivity index (χ0v) is 8.68. The maximum atomic E-state index is 5.18. The first kappa shape index (κ1) is 9.71. The summed E-state index contributed by atoms with van der Waals surface area (Å²) >= 11 is 0. The first-order valence-corrected chi connectivity index (χ1v) is 5.05. The molecule has 0 N–H and O–H groups in total. The zero-order valence-electron chi connectivity index (χ0n) is 8.68. The van der Waals surface area contributed by atoms with E-state index in [9.17, 15) is 0 Å². The van der Waals surface area contributed by atoms with E-state index in [1.54, 1.807) is 12.5 Å². The Morgan fingerprint density at radius 3 is 2.80 bits per heavy atom. The minimum atomic E-state index is 0.779. The highest BCUT2D eigenvalue weighted by molar-refractivity contribution is 5.78. The predicted molar refractivity (Wildman–Crippen MR) is 61.8 cm³/mol. The minimum absolute atomic E-state index is 0.779. The summed E-state index contributed by atoms with van der Waals surface area (Å²) in [7, 11) is 0. The van der Waals surface area contributed by atoms with Gasteiger partial charge >= 0.3 is 0 Å². The van der Waals surface area contributed by atoms with E-state index in [0.717, 1.165) is 17.9 Å². The van der Waals surface area contributed by atoms with Crippen LogP contribution in [0.15, 0.2) is 52.1 Å². The van der Waals surface area contributed by atoms with E-state index in [-0.39, 0.29) is 0 Å². The Hall–Kier alpha value is -1.83. The molecule has 0 spiro atoms. The van der Waals surface area contributed by atoms with Crippen molar-refractivity contribution in [1.82, 2.24) is 0 Å². The summed E-state index contributed by atoms with van der Waals surface area (Å²) in [6, 6.07) is 11.9. The number of nitrogens with zero attached hydrogens (tertiary/aromatic N) is 1. The Bertz CT molecular complexity index is 443. The van der Waals surface area contributed by atoms with Crippen LogP contribution in [0.3, 0.4) is 0 Å². The fourth-order valence-corrected chi connectivity index (χ4v) is 1.43. The maximum Gasteiger partial charge on any atom is 0.144 e. The molecule has 0 radical (unpaired) electrons. The lowest BCUT2D eigenvalue weighted by atomic mass is 10.1. The minimum Gasteiger partial charge on any atom is -0.463 e. The lowest BCUT2D eigenvalue weighted by Crippen LogP contribution is -1.81. The average Bonchev–Trinajstić information content (AvgIpc) is 2.79. The third kappa shape index (κ3) is 2.34. The molecule has 0 atom stereocenters. The molecule has 2 heteroatoms. The molecule has 0 fully saturated rings. The van der Waals surface area contributed by atoms with E-state index >= 15 is 0 Å². The van der Waals surface area contributed by atoms with E-state index in [0.29, 0.717) is 0 Å². The molecule has 0 saturated heterocycles. The molecular formula is C13H13NO. The van der Waals surface area contributed by atoms with Crippen molar-refractivity contribution in [3.63, 3.8) is 0 Å². The molecule has 0 saturated carbocycles. The van der Waals surface area contributed by atoms with E-state index in [1.807, 2.05) is 30.3 Å². The van der Waals surface area contributed by atoms with E-state index in [2.05, 4.69) is 18.0 Å². The molecule has 1 aromatic carbocycles. The molecule has 0 bridgehead atoms. The molecule has 0 unspecified atom stereocenters. The molecule has 0 aliphatic carbocycles. The van der Waals surface area contributed by atoms with Crippen molar-refractivity contribution in [2.75, 3.05) is 0 Å². The summed E-state index contributed by atoms with van der Waals surface area (Å²) in [5, 5.41) is 0. The van der Waals surface area contributed by atoms with Crippen molar-refractivity contribution in [2.45, 2.75) is 13.3 Å². The third-order valence-corrected chi connectivity index (χ3v) is 2.25. The van der Waals surface area contributed by atoms with Gasteiger partial charge in [0.1, 0.15) is 5.76 Å². The first-order valence-electron chi connectivity index (χ1n) is 5.05. The van der Waals surface area contributed by atoms with Crippen LogP contribution in [-0.2, 0) is 6.42 Å². The third-order valence-electron chi connectivity index (χ3n) is 2.25. The monoisotopic (exact) mass is 199 g/mol. The molecule has 0 amide bonds. The van der Waals surface area contributed by atoms with Crippen LogP contribution in [0, 0.1) is 0 Å². The van der Waals surface area contributed by atoms with Gasteiger partial charge in [0.15, 0.2) is 0 Å². The molecular weight excluding hydrogens is 186 g/mol. The standard InChI is InChI=1S/C13H13NO/c1-2-11-6-3-4-8-13(11)14-10-12-7-5-9-15-12/h3-10H,2H2,1H3. The lowest BCUT2D eigenvalue weighted by molar-refractivity contribution is 0.560. The molecule has 2 aromatic rings. The Morgan fingerprint density at radius 2 is 2.07 bits per heavy atom. The summed E-state index contributed by atoms with van der Waals surface area (Å²) < 4.78 is 5.18. The van der Waals surface area contributed by atoms with Crippen molar-refractivity contribution in [1.29, 1.82) is 0 Å². The molecule has 1 aromatic heterocycles. The number of rotatable bonds is 3. The second-order valence-electron chi connectivity index (χ2n) is 3.26. The van der Waals surface area contributed by atoms with Crippen molar-refractivity contribution in [3.05, 3.63) is 54.0 Å². The van der Waals surface area contributed by atoms with Gasteiger partial charge in [0.2, 0.25) is 0 Å². The largest absolute Gasteiger partial charge is 0.463 e. The fraction of sp³-hybridized carbons (Fsp3) is 0.154. The maximum absolute atomic E-state index is 5.18. The van der Waals surface area contributed by atoms with Gasteiger partial charge in [0.05, 0.1) is 18.2 Å². The van der Waals surface area contributed by atoms with Gasteiger partial charge < -0.3 is 4.42 Å². The van der Waals surface area contributed by atoms with Crippen LogP contribution in [0.2, 0.25) is 0 Å². The van der Waals surface area contributed by atoms with Crippen LogP contribution in [0.1, 0.15) is 18.2 Å². The Labute approximate surface area is 89.3 Å². The summed E-state index contributed by atoms with van der Waals surface area (Å²) in [4.78, 5) is 4.40. The number of aliphatic imine (C=N–C) groups is 1. The van der Waals surface area contributed by atoms with Gasteiger partial charge in [0.25, 0.3) is 0 Å². The van der Waals surface area contributed by atoms with Crippen LogP contribution < -0.4 is 0 Å². The van der Waals surface area contributed by atoms with Gasteiger partial charge in [0, 0.05) is 0 Å². The second kappa shape index (κ2) is 4.60. The SMILES string of the molecule is CCc1ccccc1N=Cc1ccco1. The topological polar surface area (TPSA) is 25.5 Å². The molecule has 0 aliphatic heterocycles. The normalized spacial score (nSPS) is 11.0. The van der Waals surface area contributed by atoms with Crippen LogP contribution in [0.5, 0.6) is 0 Å². The number of aryl methyl sites for hydroxylation is 1. The highest BCUT2D eigenvalue weighted by atomic mass is 16.3. The van der Waals surface area contributed by atoms with Crippen LogP contribution >= 0.6 is 0 Å². The Balaban J connectivity index is 2.24. The van der Waals surface area contributed by atoms with Crippen molar-refractivity contribution in [3.8, 4) is 0 Å². The van der Waals surface area contributed by atoms with Gasteiger partial charge in [-0.2, -0.15) is 0 Å². The number of para-hydroxylation sites is 1. The van der Waals surface area contributed by atoms with Crippen LogP contribution in [0.4, 0.5) is 5.69 Å². The highest BCUT2D eigenvalue weighted by Gasteiger charge is 1.96. The van der Waals surface area contributed by atoms with Crippen LogP contribution in [0.25, 0.3) is 0 Å². The van der Waals surface area contributed by atoms with E-state index in [4.69, 9.17) is 4.42 Å². The Morgan fingerprint density at radius 1 is 1.20 bits per heavy atom. The molecule has 76 valence electrons. The van der Waals surface area contributed by atoms with Crippen molar-refractivity contribution < 1.29 is 4.42 Å². The van der Waals surface area contributed by atoms with Crippen molar-refractivity contribution in [2.24, 2.45) is 4.99 Å². The molecule has 2 nitrogen and oxygen atoms in total. The van der Waals surface area contributed by atoms with Gasteiger partial charge in [-0.05, 0) is 30.2 Å². The molecule has 15 heavy (non-hydrogen) atoms. The van der Waals surface area contributed by atoms with Crippen molar-refractivity contribution >= 4 is 11.9 Å². The van der Waals surface area contributed by atoms with E-state index in [1.165, 1.54) is 5.56 Å². The number of furan rings is 1. The molecule has 0 aliphatic rings. The fourth-order valence-electron chi connectivity index (χ4n) is 1.43. The van der Waals surface area contributed by atoms with Crippen LogP contribution in [-0.4, -0.2) is 6.21 Å². The lowest BCUT2D eigenvalue weighted by Gasteiger charge is -2.00. The summed E-state index contributed by atoms with van der Waals surface area (Å²) in [5.41, 5.74) is 2.26. The summed E-state index contributed by atoms with van der Waals surface area (Å²) in [6.45, 7) is 2.13. The average molecular weight is 199 g/mol. The molecule has 1 heterocycles. The van der Waals surface area contributed by atoms with Gasteiger partial charge in [-0.25, -0.2) is 0 Å². The van der Waals surface area contributed by atoms with Gasteiger partial charge in [-0.1, -0.05) is 25.1 Å². The summed E-state index contributed by atoms with van der Waals surface area (Å²) in [5.74, 6) is 0.779. The summed E-state index contributed by atoms with van der Waals surface area (Å²) in [6.07, 6.45) is 4.38. The molecule has 2 rings (SSSR count). The Kier molecular flexibility index (Phi) is 2.98. The quantitative estimate of drug-likeness (QED) is 0.693. The number of hydrogen-bond donors (Lipinski definition) is 0. The van der Waals surface area contributed by atoms with Gasteiger partial charge in [-0.15, -0.1) is 0 Å². The second-order valence-corrected chi connectivity index (χ2v) is 3.26. The predicted octanol–water partition coefficient (Wildman–Crippen LogP) is 3.59. The van der Waals surface area contributed by atoms with Gasteiger partial charge in [-0.3, -0.25) is 4.99 Å². The number of hydrogen-bond acceptors (Lipinski definition) is 2. The number of benzene rings is 1. The highest BCUT2D eigenvalue weighted by Crippen LogP contribution is 2.18. The van der Waals surface area contributed by atoms with E-state index < -0.39 is 0 Å².